The van der Waals surface area contributed by atoms with Crippen molar-refractivity contribution in [1.29, 1.82) is 0 Å². The first kappa shape index (κ1) is 76.3. The van der Waals surface area contributed by atoms with Gasteiger partial charge in [-0.3, -0.25) is 9.05 Å². The SMILES string of the molecule is C[n+]1ccn(CCOp2oc3ccc4ccccc4c3c3c(ccc4ccccc43)o2)c1.C[n+]1ccn(CCOp2oc3ccc4ccccc4c3c3c(ccc4ccccc43)o2)c1.F[B-](F)(F)F.F[B-](F)(F)F.F[B-](F)(F)F.[CH]1[CH]CC[CH][CH]CC1.[CH]1[CH]CC[CH][CH]CC1.[Rh]. The topological polar surface area (TPSA) is 88.6 Å². The number of aryl methyl sites for hydroxylation is 2. The van der Waals surface area contributed by atoms with E-state index in [9.17, 15) is 51.8 Å². The molecule has 0 N–H and O–H groups in total. The number of aromatic nitrogens is 4. The molecule has 9 radical (unpaired) electrons. The van der Waals surface area contributed by atoms with Crippen LogP contribution in [0.25, 0.3) is 87.0 Å². The van der Waals surface area contributed by atoms with Crippen LogP contribution < -0.4 is 18.2 Å². The van der Waals surface area contributed by atoms with Crippen LogP contribution in [0.3, 0.4) is 0 Å². The maximum atomic E-state index is 9.75. The summed E-state index contributed by atoms with van der Waals surface area (Å²) in [5, 5.41) is 13.5. The van der Waals surface area contributed by atoms with Crippen molar-refractivity contribution < 1.29 is 106 Å². The second-order valence-corrected chi connectivity index (χ2v) is 23.6. The minimum atomic E-state index is -6.00. The van der Waals surface area contributed by atoms with Gasteiger partial charge >= 0.3 is 38.2 Å². The summed E-state index contributed by atoms with van der Waals surface area (Å²) in [6.07, 6.45) is 40.1. The van der Waals surface area contributed by atoms with Gasteiger partial charge in [-0.05, 0) is 170 Å². The summed E-state index contributed by atoms with van der Waals surface area (Å²) < 4.78 is 163. The summed E-state index contributed by atoms with van der Waals surface area (Å²) >= 11 is 0. The second kappa shape index (κ2) is 37.6. The van der Waals surface area contributed by atoms with Crippen LogP contribution in [0, 0.1) is 51.4 Å². The molecule has 0 aliphatic heterocycles. The average molecular weight is 1460 g/mol. The Hall–Kier alpha value is -7.08. The fourth-order valence-corrected chi connectivity index (χ4v) is 12.2. The van der Waals surface area contributed by atoms with E-state index in [1.807, 2.05) is 84.9 Å². The van der Waals surface area contributed by atoms with E-state index in [0.29, 0.717) is 13.2 Å². The summed E-state index contributed by atoms with van der Waals surface area (Å²) in [5.41, 5.74) is 3.16. The molecule has 509 valence electrons. The summed E-state index contributed by atoms with van der Waals surface area (Å²) in [4.78, 5) is 0. The summed E-state index contributed by atoms with van der Waals surface area (Å²) in [6.45, 7) is 2.43. The van der Waals surface area contributed by atoms with Crippen molar-refractivity contribution in [2.75, 3.05) is 13.2 Å². The van der Waals surface area contributed by atoms with E-state index in [1.165, 1.54) is 72.9 Å². The van der Waals surface area contributed by atoms with Crippen LogP contribution >= 0.6 is 16.5 Å². The van der Waals surface area contributed by atoms with E-state index >= 15 is 0 Å². The third-order valence-corrected chi connectivity index (χ3v) is 16.3. The molecule has 12 aromatic rings. The number of fused-ring (bicyclic) bond motifs is 14. The second-order valence-electron chi connectivity index (χ2n) is 21.4. The van der Waals surface area contributed by atoms with Crippen LogP contribution in [-0.2, 0) is 46.7 Å². The fourth-order valence-electron chi connectivity index (χ4n) is 10.2. The van der Waals surface area contributed by atoms with Gasteiger partial charge in [0.2, 0.25) is 12.7 Å². The molecule has 0 atom stereocenters. The number of benzene rings is 8. The summed E-state index contributed by atoms with van der Waals surface area (Å²) in [6, 6.07) is 50.1. The molecule has 0 bridgehead atoms. The van der Waals surface area contributed by atoms with Crippen LogP contribution in [-0.4, -0.2) is 44.1 Å². The van der Waals surface area contributed by atoms with Crippen molar-refractivity contribution in [2.24, 2.45) is 14.1 Å². The van der Waals surface area contributed by atoms with E-state index < -0.39 is 38.2 Å². The van der Waals surface area contributed by atoms with Gasteiger partial charge in [0.1, 0.15) is 73.4 Å². The Kier molecular flexibility index (Phi) is 29.9. The fraction of sp³-hybridized carbons (Fsp3) is 0.206. The zero-order valence-electron chi connectivity index (χ0n) is 52.2. The molecule has 96 heavy (non-hydrogen) atoms. The summed E-state index contributed by atoms with van der Waals surface area (Å²) in [7, 11) is -17.2. The molecule has 0 saturated heterocycles. The van der Waals surface area contributed by atoms with E-state index in [-0.39, 0.29) is 19.5 Å². The van der Waals surface area contributed by atoms with Gasteiger partial charge in [-0.25, -0.2) is 18.3 Å². The Balaban J connectivity index is 0.000000187. The van der Waals surface area contributed by atoms with Crippen LogP contribution in [0.15, 0.2) is 200 Å². The first-order valence-corrected chi connectivity index (χ1v) is 32.6. The smallest absolute Gasteiger partial charge is 0.418 e. The van der Waals surface area contributed by atoms with Crippen LogP contribution in [0.5, 0.6) is 0 Å². The first-order chi connectivity index (χ1) is 45.5. The van der Waals surface area contributed by atoms with Gasteiger partial charge in [-0.1, -0.05) is 121 Å². The molecule has 2 fully saturated rings. The average Bonchev–Trinajstić information content (AvgIpc) is 1.37. The number of nitrogens with zero attached hydrogens (tertiary/aromatic N) is 4. The molecule has 10 nitrogen and oxygen atoms in total. The van der Waals surface area contributed by atoms with Gasteiger partial charge in [0.05, 0.1) is 14.1 Å². The zero-order valence-corrected chi connectivity index (χ0v) is 55.6. The Morgan fingerprint density at radius 1 is 0.354 bits per heavy atom. The third kappa shape index (κ3) is 25.4. The predicted octanol–water partition coefficient (Wildman–Crippen LogP) is 21.4. The van der Waals surface area contributed by atoms with Crippen LogP contribution in [0.2, 0.25) is 0 Å². The van der Waals surface area contributed by atoms with Crippen LogP contribution in [0.1, 0.15) is 51.4 Å². The number of hydrogen-bond acceptors (Lipinski definition) is 6. The van der Waals surface area contributed by atoms with Gasteiger partial charge in [-0.15, -0.1) is 0 Å². The van der Waals surface area contributed by atoms with Crippen LogP contribution in [0.4, 0.5) is 51.8 Å². The van der Waals surface area contributed by atoms with Gasteiger partial charge in [0.25, 0.3) is 0 Å². The van der Waals surface area contributed by atoms with Crippen molar-refractivity contribution in [1.82, 2.24) is 9.13 Å². The maximum absolute atomic E-state index is 9.75. The molecule has 0 amide bonds. The normalized spacial score (nSPS) is 13.6. The molecular weight excluding hydrogens is 1390 g/mol. The Morgan fingerprint density at radius 2 is 0.573 bits per heavy atom. The largest absolute Gasteiger partial charge is 0.673 e. The Bertz CT molecular complexity index is 3910. The molecule has 4 heterocycles. The van der Waals surface area contributed by atoms with Crippen molar-refractivity contribution in [3.63, 3.8) is 0 Å². The Labute approximate surface area is 563 Å². The van der Waals surface area contributed by atoms with E-state index in [4.69, 9.17) is 25.8 Å². The Morgan fingerprint density at radius 3 is 0.781 bits per heavy atom. The van der Waals surface area contributed by atoms with Gasteiger partial charge in [0, 0.05) is 41.0 Å². The van der Waals surface area contributed by atoms with Crippen molar-refractivity contribution >= 4 is 125 Å². The predicted molar refractivity (Wildman–Crippen MR) is 359 cm³/mol. The summed E-state index contributed by atoms with van der Waals surface area (Å²) in [5.74, 6) is 0. The van der Waals surface area contributed by atoms with Gasteiger partial charge < -0.3 is 68.6 Å². The molecule has 28 heteroatoms. The third-order valence-electron chi connectivity index (χ3n) is 14.2. The monoisotopic (exact) mass is 1460 g/mol. The molecule has 2 saturated carbocycles. The van der Waals surface area contributed by atoms with E-state index in [2.05, 4.69) is 182 Å². The van der Waals surface area contributed by atoms with Gasteiger partial charge in [0.15, 0.2) is 0 Å². The number of halogens is 12. The molecule has 0 unspecified atom stereocenters. The maximum Gasteiger partial charge on any atom is 0.673 e. The zero-order chi connectivity index (χ0) is 67.8. The van der Waals surface area contributed by atoms with Crippen molar-refractivity contribution in [3.8, 4) is 0 Å². The number of rotatable bonds is 8. The molecule has 8 aromatic carbocycles. The standard InChI is InChI=1S/2C26H22N2O3P.2C8H12.3BF4.Rh/c2*1-27-14-15-28(18-27)16-17-29-32-30-23-12-10-19-6-2-4-8-21(19)25(23)26-22-9-5-3-7-20(22)11-13-24(26)31-32;2*1-2-4-6-8-7-5-3-1;3*2-1(3,4)5;/h2*2-15,18H,16-17H2,1H3;2*1-2,7-8H,3-6H2;;;;/q2*+1;;;3*-1;. The quantitative estimate of drug-likeness (QED) is 0.0856. The first-order valence-electron chi connectivity index (χ1n) is 30.4. The molecule has 2 aliphatic rings. The minimum Gasteiger partial charge on any atom is -0.418 e. The number of imidazole rings is 2. The molecule has 0 spiro atoms. The molecule has 14 rings (SSSR count). The molecular formula is C68H68B3F12N4O6P2Rh-. The molecule has 2 aliphatic carbocycles. The number of hydrogen-bond donors (Lipinski definition) is 0. The van der Waals surface area contributed by atoms with Crippen molar-refractivity contribution in [2.45, 2.75) is 64.5 Å². The minimum absolute atomic E-state index is 0. The van der Waals surface area contributed by atoms with E-state index in [0.717, 1.165) is 78.5 Å². The van der Waals surface area contributed by atoms with Crippen molar-refractivity contribution in [3.05, 3.63) is 234 Å². The van der Waals surface area contributed by atoms with Gasteiger partial charge in [-0.2, -0.15) is 0 Å². The molecule has 4 aromatic heterocycles. The van der Waals surface area contributed by atoms with E-state index in [1.54, 1.807) is 0 Å².